The van der Waals surface area contributed by atoms with Crippen molar-refractivity contribution in [3.05, 3.63) is 73.1 Å². The highest BCUT2D eigenvalue weighted by molar-refractivity contribution is 7.14. The number of rotatable bonds is 7. The number of carbonyl (C=O) groups excluding carboxylic acids is 1. The Morgan fingerprint density at radius 2 is 2.05 bits per heavy atom. The van der Waals surface area contributed by atoms with Crippen LogP contribution in [0.1, 0.15) is 58.8 Å². The Bertz CT molecular complexity index is 1700. The van der Waals surface area contributed by atoms with Crippen molar-refractivity contribution in [1.29, 1.82) is 0 Å². The maximum atomic E-state index is 15.1. The molecule has 12 heteroatoms. The van der Waals surface area contributed by atoms with E-state index in [9.17, 15) is 18.4 Å². The largest absolute Gasteiger partial charge is 0.375 e. The average Bonchev–Trinajstić information content (AvgIpc) is 3.44. The van der Waals surface area contributed by atoms with Gasteiger partial charge in [-0.1, -0.05) is 13.8 Å². The van der Waals surface area contributed by atoms with Crippen LogP contribution in [0.2, 0.25) is 0 Å². The summed E-state index contributed by atoms with van der Waals surface area (Å²) in [6.07, 6.45) is 3.44. The highest BCUT2D eigenvalue weighted by atomic mass is 32.1. The number of nitrogens with zero attached hydrogens (tertiary/aromatic N) is 4. The highest BCUT2D eigenvalue weighted by Crippen LogP contribution is 2.44. The second-order valence-corrected chi connectivity index (χ2v) is 12.8. The number of benzene rings is 1. The SMILES string of the molecule is CCC(C)C(/C=C1\CN(C)CCN1C)=Nc1cc(-c2ccc(F)c(NC(=O)c3cc4c(s3)CCCC4(F)F)c2C)n[nH]c1=O. The molecule has 1 fully saturated rings. The number of hydrogen-bond acceptors (Lipinski definition) is 7. The molecular weight excluding hydrogens is 589 g/mol. The number of halogens is 3. The number of anilines is 1. The number of aromatic nitrogens is 2. The number of aliphatic imine (C=N–C) groups is 1. The molecule has 0 spiro atoms. The number of allylic oxidation sites excluding steroid dienone is 1. The third-order valence-corrected chi connectivity index (χ3v) is 9.65. The zero-order valence-electron chi connectivity index (χ0n) is 25.6. The van der Waals surface area contributed by atoms with Gasteiger partial charge in [-0.3, -0.25) is 14.5 Å². The average molecular weight is 627 g/mol. The summed E-state index contributed by atoms with van der Waals surface area (Å²) in [5, 5.41) is 9.29. The quantitative estimate of drug-likeness (QED) is 0.292. The molecular formula is C32H37F3N6O2S. The van der Waals surface area contributed by atoms with E-state index in [0.717, 1.165) is 48.8 Å². The minimum Gasteiger partial charge on any atom is -0.375 e. The van der Waals surface area contributed by atoms with Gasteiger partial charge in [-0.15, -0.1) is 11.3 Å². The summed E-state index contributed by atoms with van der Waals surface area (Å²) in [4.78, 5) is 35.7. The van der Waals surface area contributed by atoms with E-state index < -0.39 is 23.2 Å². The topological polar surface area (TPSA) is 93.7 Å². The Balaban J connectivity index is 1.48. The van der Waals surface area contributed by atoms with Gasteiger partial charge in [-0.25, -0.2) is 23.3 Å². The molecule has 1 saturated heterocycles. The molecule has 5 rings (SSSR count). The Morgan fingerprint density at radius 1 is 1.27 bits per heavy atom. The fourth-order valence-electron chi connectivity index (χ4n) is 5.44. The third kappa shape index (κ3) is 6.51. The van der Waals surface area contributed by atoms with E-state index in [-0.39, 0.29) is 34.2 Å². The van der Waals surface area contributed by atoms with E-state index in [4.69, 9.17) is 4.99 Å². The minimum atomic E-state index is -2.98. The molecule has 44 heavy (non-hydrogen) atoms. The number of aromatic amines is 1. The van der Waals surface area contributed by atoms with Crippen molar-refractivity contribution < 1.29 is 18.0 Å². The second kappa shape index (κ2) is 12.7. The van der Waals surface area contributed by atoms with Crippen molar-refractivity contribution in [2.24, 2.45) is 10.9 Å². The lowest BCUT2D eigenvalue weighted by Gasteiger charge is -2.34. The molecule has 2 aliphatic rings. The minimum absolute atomic E-state index is 0.0800. The van der Waals surface area contributed by atoms with Gasteiger partial charge in [-0.05, 0) is 75.1 Å². The molecule has 1 amide bonds. The molecule has 1 aromatic carbocycles. The Labute approximate surface area is 258 Å². The van der Waals surface area contributed by atoms with Crippen molar-refractivity contribution in [1.82, 2.24) is 20.0 Å². The van der Waals surface area contributed by atoms with Crippen LogP contribution < -0.4 is 10.9 Å². The summed E-state index contributed by atoms with van der Waals surface area (Å²) in [5.41, 5.74) is 2.55. The highest BCUT2D eigenvalue weighted by Gasteiger charge is 2.39. The van der Waals surface area contributed by atoms with E-state index in [1.165, 1.54) is 18.2 Å². The molecule has 2 aromatic heterocycles. The van der Waals surface area contributed by atoms with Crippen LogP contribution in [0, 0.1) is 18.7 Å². The Kier molecular flexibility index (Phi) is 9.12. The fourth-order valence-corrected chi connectivity index (χ4v) is 6.59. The summed E-state index contributed by atoms with van der Waals surface area (Å²) in [7, 11) is 4.11. The smallest absolute Gasteiger partial charge is 0.290 e. The zero-order valence-corrected chi connectivity index (χ0v) is 26.4. The number of H-pyrrole nitrogens is 1. The molecule has 0 bridgehead atoms. The first-order valence-corrected chi connectivity index (χ1v) is 15.6. The van der Waals surface area contributed by atoms with Crippen molar-refractivity contribution >= 4 is 34.3 Å². The lowest BCUT2D eigenvalue weighted by molar-refractivity contribution is -0.0208. The van der Waals surface area contributed by atoms with Crippen LogP contribution in [-0.2, 0) is 12.3 Å². The van der Waals surface area contributed by atoms with E-state index in [1.54, 1.807) is 13.0 Å². The number of nitrogens with one attached hydrogen (secondary N) is 2. The number of likely N-dealkylation sites (N-methyl/N-ethyl adjacent to an activating group) is 2. The van der Waals surface area contributed by atoms with Gasteiger partial charge in [0.05, 0.1) is 16.3 Å². The zero-order chi connectivity index (χ0) is 31.8. The van der Waals surface area contributed by atoms with Gasteiger partial charge in [0.1, 0.15) is 11.5 Å². The van der Waals surface area contributed by atoms with Gasteiger partial charge < -0.3 is 10.2 Å². The molecule has 3 aromatic rings. The number of hydrogen-bond donors (Lipinski definition) is 2. The Hall–Kier alpha value is -3.77. The molecule has 2 N–H and O–H groups in total. The first-order valence-electron chi connectivity index (χ1n) is 14.8. The van der Waals surface area contributed by atoms with Gasteiger partial charge in [0, 0.05) is 60.5 Å². The van der Waals surface area contributed by atoms with E-state index in [1.807, 2.05) is 13.1 Å². The van der Waals surface area contributed by atoms with Crippen LogP contribution in [-0.4, -0.2) is 65.3 Å². The maximum absolute atomic E-state index is 15.1. The van der Waals surface area contributed by atoms with Crippen LogP contribution in [0.25, 0.3) is 11.3 Å². The molecule has 0 radical (unpaired) electrons. The van der Waals surface area contributed by atoms with E-state index >= 15 is 4.39 Å². The molecule has 8 nitrogen and oxygen atoms in total. The van der Waals surface area contributed by atoms with Crippen LogP contribution in [0.15, 0.2) is 45.8 Å². The molecule has 1 aliphatic heterocycles. The summed E-state index contributed by atoms with van der Waals surface area (Å²) in [5.74, 6) is -4.24. The number of thiophene rings is 1. The van der Waals surface area contributed by atoms with Gasteiger partial charge in [0.25, 0.3) is 17.4 Å². The van der Waals surface area contributed by atoms with Crippen molar-refractivity contribution in [2.75, 3.05) is 39.0 Å². The number of aryl methyl sites for hydroxylation is 1. The fraction of sp³-hybridized carbons (Fsp3) is 0.438. The van der Waals surface area contributed by atoms with Crippen LogP contribution in [0.4, 0.5) is 24.5 Å². The first kappa shape index (κ1) is 31.6. The van der Waals surface area contributed by atoms with E-state index in [2.05, 4.69) is 46.2 Å². The van der Waals surface area contributed by atoms with Gasteiger partial charge in [0.15, 0.2) is 0 Å². The summed E-state index contributed by atoms with van der Waals surface area (Å²) in [6, 6.07) is 5.49. The molecule has 3 heterocycles. The van der Waals surface area contributed by atoms with E-state index in [0.29, 0.717) is 34.5 Å². The van der Waals surface area contributed by atoms with Crippen LogP contribution in [0.3, 0.4) is 0 Å². The molecule has 234 valence electrons. The summed E-state index contributed by atoms with van der Waals surface area (Å²) < 4.78 is 43.8. The number of fused-ring (bicyclic) bond motifs is 1. The predicted molar refractivity (Wildman–Crippen MR) is 169 cm³/mol. The lowest BCUT2D eigenvalue weighted by Crippen LogP contribution is -2.41. The van der Waals surface area contributed by atoms with Crippen molar-refractivity contribution in [3.8, 4) is 11.3 Å². The predicted octanol–water partition coefficient (Wildman–Crippen LogP) is 6.51. The molecule has 1 atom stereocenters. The van der Waals surface area contributed by atoms with Crippen LogP contribution >= 0.6 is 11.3 Å². The summed E-state index contributed by atoms with van der Waals surface area (Å²) >= 11 is 1.01. The monoisotopic (exact) mass is 626 g/mol. The number of piperazine rings is 1. The first-order chi connectivity index (χ1) is 20.9. The molecule has 1 aliphatic carbocycles. The second-order valence-electron chi connectivity index (χ2n) is 11.7. The maximum Gasteiger partial charge on any atom is 0.290 e. The van der Waals surface area contributed by atoms with Crippen molar-refractivity contribution in [2.45, 2.75) is 52.4 Å². The molecule has 1 unspecified atom stereocenters. The van der Waals surface area contributed by atoms with Gasteiger partial charge in [-0.2, -0.15) is 5.10 Å². The van der Waals surface area contributed by atoms with Crippen molar-refractivity contribution in [3.63, 3.8) is 0 Å². The third-order valence-electron chi connectivity index (χ3n) is 8.45. The number of carbonyl (C=O) groups is 1. The Morgan fingerprint density at radius 3 is 2.77 bits per heavy atom. The van der Waals surface area contributed by atoms with Crippen LogP contribution in [0.5, 0.6) is 0 Å². The molecule has 0 saturated carbocycles. The van der Waals surface area contributed by atoms with Gasteiger partial charge in [0.2, 0.25) is 0 Å². The number of amides is 1. The lowest BCUT2D eigenvalue weighted by atomic mass is 9.95. The standard InChI is InChI=1S/C32H37F3N6O2S/c1-6-18(2)24(14-20-17-40(4)12-13-41(20)5)36-26-16-25(38-39-30(26)42)21-9-10-23(33)29(19(21)3)37-31(43)28-15-22-27(44-28)8-7-11-32(22,34)35/h9-10,14-16,18H,6-8,11-13,17H2,1-5H3,(H,37,43)(H,39,42)/b20-14+,36-24?. The number of alkyl halides is 2. The summed E-state index contributed by atoms with van der Waals surface area (Å²) in [6.45, 7) is 8.36. The van der Waals surface area contributed by atoms with Gasteiger partial charge >= 0.3 is 0 Å². The normalized spacial score (nSPS) is 18.8.